The molecule has 1 aromatic heterocycles. The van der Waals surface area contributed by atoms with E-state index in [1.807, 2.05) is 32.9 Å². The first-order valence-corrected chi connectivity index (χ1v) is 14.2. The van der Waals surface area contributed by atoms with Crippen LogP contribution in [0.4, 0.5) is 14.9 Å². The molecule has 9 heteroatoms. The number of hydrogen-bond donors (Lipinski definition) is 2. The number of carbonyl (C=O) groups is 3. The fourth-order valence-corrected chi connectivity index (χ4v) is 5.22. The molecule has 0 unspecified atom stereocenters. The van der Waals surface area contributed by atoms with Crippen LogP contribution in [0.3, 0.4) is 0 Å². The predicted molar refractivity (Wildman–Crippen MR) is 157 cm³/mol. The highest BCUT2D eigenvalue weighted by Crippen LogP contribution is 2.36. The van der Waals surface area contributed by atoms with Crippen LogP contribution in [0.2, 0.25) is 0 Å². The highest BCUT2D eigenvalue weighted by atomic mass is 19.1. The summed E-state index contributed by atoms with van der Waals surface area (Å²) in [6, 6.07) is 15.9. The molecule has 42 heavy (non-hydrogen) atoms. The molecule has 2 N–H and O–H groups in total. The SMILES string of the molecule is C[C@H](CC(=O)c1ccccc1F)C(=O)Nc1ccc(C[C@@H]2CC[C@H]([C@H](O)c3cccnc3)N2C(=O)OC(C)(C)C)cc1. The predicted octanol–water partition coefficient (Wildman–Crippen LogP) is 6.11. The van der Waals surface area contributed by atoms with Crippen LogP contribution in [0.15, 0.2) is 73.1 Å². The van der Waals surface area contributed by atoms with E-state index < -0.39 is 41.4 Å². The van der Waals surface area contributed by atoms with Crippen molar-refractivity contribution in [3.05, 3.63) is 95.6 Å². The molecular weight excluding hydrogens is 537 g/mol. The molecule has 4 atom stereocenters. The van der Waals surface area contributed by atoms with E-state index in [0.29, 0.717) is 30.5 Å². The summed E-state index contributed by atoms with van der Waals surface area (Å²) in [6.45, 7) is 7.06. The number of carbonyl (C=O) groups excluding carboxylic acids is 3. The van der Waals surface area contributed by atoms with E-state index in [4.69, 9.17) is 4.74 Å². The molecule has 1 saturated heterocycles. The first-order chi connectivity index (χ1) is 19.9. The smallest absolute Gasteiger partial charge is 0.410 e. The molecule has 0 saturated carbocycles. The Hall–Kier alpha value is -4.11. The van der Waals surface area contributed by atoms with Gasteiger partial charge < -0.3 is 15.2 Å². The minimum Gasteiger partial charge on any atom is -0.444 e. The Kier molecular flexibility index (Phi) is 9.73. The van der Waals surface area contributed by atoms with Crippen molar-refractivity contribution < 1.29 is 28.6 Å². The molecule has 2 heterocycles. The second kappa shape index (κ2) is 13.2. The first-order valence-electron chi connectivity index (χ1n) is 14.2. The summed E-state index contributed by atoms with van der Waals surface area (Å²) < 4.78 is 19.7. The summed E-state index contributed by atoms with van der Waals surface area (Å²) in [6.07, 6.45) is 3.59. The third-order valence-electron chi connectivity index (χ3n) is 7.35. The average molecular weight is 576 g/mol. The van der Waals surface area contributed by atoms with Gasteiger partial charge in [-0.3, -0.25) is 19.5 Å². The van der Waals surface area contributed by atoms with Crippen molar-refractivity contribution in [3.63, 3.8) is 0 Å². The normalized spacial score (nSPS) is 18.3. The summed E-state index contributed by atoms with van der Waals surface area (Å²) in [5, 5.41) is 14.0. The Morgan fingerprint density at radius 2 is 1.79 bits per heavy atom. The molecule has 0 aliphatic carbocycles. The number of hydrogen-bond acceptors (Lipinski definition) is 6. The van der Waals surface area contributed by atoms with Crippen molar-refractivity contribution >= 4 is 23.5 Å². The lowest BCUT2D eigenvalue weighted by Crippen LogP contribution is -2.47. The number of nitrogens with zero attached hydrogens (tertiary/aromatic N) is 2. The number of halogens is 1. The molecule has 0 spiro atoms. The molecule has 2 aromatic carbocycles. The first kappa shape index (κ1) is 30.8. The van der Waals surface area contributed by atoms with Gasteiger partial charge in [-0.05, 0) is 75.9 Å². The van der Waals surface area contributed by atoms with E-state index in [-0.39, 0.29) is 23.9 Å². The molecule has 8 nitrogen and oxygen atoms in total. The van der Waals surface area contributed by atoms with Crippen LogP contribution in [0.5, 0.6) is 0 Å². The van der Waals surface area contributed by atoms with Gasteiger partial charge in [0, 0.05) is 42.0 Å². The van der Waals surface area contributed by atoms with Gasteiger partial charge in [0.15, 0.2) is 5.78 Å². The summed E-state index contributed by atoms with van der Waals surface area (Å²) in [4.78, 5) is 44.3. The standard InChI is InChI=1S/C33H38FN3O5/c1-21(18-29(38)26-9-5-6-10-27(26)34)31(40)36-24-13-11-22(12-14-24)19-25-15-16-28(30(39)23-8-7-17-35-20-23)37(25)32(41)42-33(2,3)4/h5-14,17,20-21,25,28,30,39H,15-16,18-19H2,1-4H3,(H,36,40)/t21-,25+,28-,30-/m1/s1. The van der Waals surface area contributed by atoms with E-state index in [1.165, 1.54) is 18.2 Å². The number of Topliss-reactive ketones (excluding diaryl/α,β-unsaturated/α-hetero) is 1. The van der Waals surface area contributed by atoms with Gasteiger partial charge in [-0.15, -0.1) is 0 Å². The summed E-state index contributed by atoms with van der Waals surface area (Å²) in [7, 11) is 0. The Labute approximate surface area is 245 Å². The van der Waals surface area contributed by atoms with Crippen LogP contribution in [0.25, 0.3) is 0 Å². The van der Waals surface area contributed by atoms with E-state index in [1.54, 1.807) is 54.5 Å². The van der Waals surface area contributed by atoms with Crippen molar-refractivity contribution in [1.29, 1.82) is 0 Å². The molecule has 2 amide bonds. The highest BCUT2D eigenvalue weighted by Gasteiger charge is 2.43. The highest BCUT2D eigenvalue weighted by molar-refractivity contribution is 6.01. The number of ether oxygens (including phenoxy) is 1. The van der Waals surface area contributed by atoms with E-state index in [0.717, 1.165) is 5.56 Å². The number of aliphatic hydroxyl groups excluding tert-OH is 1. The monoisotopic (exact) mass is 575 g/mol. The fraction of sp³-hybridized carbons (Fsp3) is 0.394. The second-order valence-corrected chi connectivity index (χ2v) is 11.8. The van der Waals surface area contributed by atoms with Gasteiger partial charge in [-0.2, -0.15) is 0 Å². The Bertz CT molecular complexity index is 1390. The number of anilines is 1. The zero-order chi connectivity index (χ0) is 30.4. The van der Waals surface area contributed by atoms with Gasteiger partial charge in [0.2, 0.25) is 5.91 Å². The number of benzene rings is 2. The van der Waals surface area contributed by atoms with Crippen molar-refractivity contribution in [3.8, 4) is 0 Å². The minimum atomic E-state index is -0.902. The van der Waals surface area contributed by atoms with Gasteiger partial charge in [0.05, 0.1) is 11.6 Å². The Balaban J connectivity index is 1.41. The van der Waals surface area contributed by atoms with Crippen molar-refractivity contribution in [1.82, 2.24) is 9.88 Å². The van der Waals surface area contributed by atoms with Crippen molar-refractivity contribution in [2.75, 3.05) is 5.32 Å². The maximum absolute atomic E-state index is 13.9. The maximum Gasteiger partial charge on any atom is 0.410 e. The molecule has 3 aromatic rings. The van der Waals surface area contributed by atoms with Crippen molar-refractivity contribution in [2.24, 2.45) is 5.92 Å². The molecule has 4 rings (SSSR count). The zero-order valence-corrected chi connectivity index (χ0v) is 24.4. The van der Waals surface area contributed by atoms with Gasteiger partial charge in [-0.1, -0.05) is 37.3 Å². The number of aromatic nitrogens is 1. The third kappa shape index (κ3) is 7.79. The molecule has 1 aliphatic rings. The molecule has 1 fully saturated rings. The average Bonchev–Trinajstić information content (AvgIpc) is 3.37. The Morgan fingerprint density at radius 3 is 2.43 bits per heavy atom. The number of rotatable bonds is 9. The van der Waals surface area contributed by atoms with Gasteiger partial charge in [0.25, 0.3) is 0 Å². The van der Waals surface area contributed by atoms with Crippen LogP contribution in [0, 0.1) is 11.7 Å². The second-order valence-electron chi connectivity index (χ2n) is 11.8. The van der Waals surface area contributed by atoms with Crippen LogP contribution in [-0.2, 0) is 16.0 Å². The number of pyridine rings is 1. The third-order valence-corrected chi connectivity index (χ3v) is 7.35. The van der Waals surface area contributed by atoms with Crippen molar-refractivity contribution in [2.45, 2.75) is 77.2 Å². The quantitative estimate of drug-likeness (QED) is 0.298. The van der Waals surface area contributed by atoms with E-state index >= 15 is 0 Å². The maximum atomic E-state index is 13.9. The number of nitrogens with one attached hydrogen (secondary N) is 1. The lowest BCUT2D eigenvalue weighted by molar-refractivity contribution is -0.119. The van der Waals surface area contributed by atoms with Crippen LogP contribution in [-0.4, -0.2) is 50.5 Å². The Morgan fingerprint density at radius 1 is 1.07 bits per heavy atom. The van der Waals surface area contributed by atoms with Crippen LogP contribution in [0.1, 0.15) is 74.5 Å². The summed E-state index contributed by atoms with van der Waals surface area (Å²) >= 11 is 0. The minimum absolute atomic E-state index is 0.0240. The lowest BCUT2D eigenvalue weighted by Gasteiger charge is -2.34. The number of ketones is 1. The van der Waals surface area contributed by atoms with Crippen LogP contribution < -0.4 is 5.32 Å². The number of amides is 2. The molecule has 0 bridgehead atoms. The van der Waals surface area contributed by atoms with Gasteiger partial charge in [0.1, 0.15) is 17.5 Å². The molecule has 222 valence electrons. The van der Waals surface area contributed by atoms with Crippen LogP contribution >= 0.6 is 0 Å². The zero-order valence-electron chi connectivity index (χ0n) is 24.4. The van der Waals surface area contributed by atoms with Gasteiger partial charge in [-0.25, -0.2) is 9.18 Å². The van der Waals surface area contributed by atoms with E-state index in [2.05, 4.69) is 10.3 Å². The summed E-state index contributed by atoms with van der Waals surface area (Å²) in [5.74, 6) is -2.02. The number of aliphatic hydroxyl groups is 1. The van der Waals surface area contributed by atoms with E-state index in [9.17, 15) is 23.9 Å². The molecular formula is C33H38FN3O5. The fourth-order valence-electron chi connectivity index (χ4n) is 5.22. The topological polar surface area (TPSA) is 109 Å². The van der Waals surface area contributed by atoms with Gasteiger partial charge >= 0.3 is 6.09 Å². The number of likely N-dealkylation sites (tertiary alicyclic amines) is 1. The molecule has 1 aliphatic heterocycles. The largest absolute Gasteiger partial charge is 0.444 e. The lowest BCUT2D eigenvalue weighted by atomic mass is 9.98. The molecule has 0 radical (unpaired) electrons. The summed E-state index contributed by atoms with van der Waals surface area (Å²) in [5.41, 5.74) is 1.44.